The normalized spacial score (nSPS) is 29.9. The molecule has 20 heavy (non-hydrogen) atoms. The predicted octanol–water partition coefficient (Wildman–Crippen LogP) is 3.22. The largest absolute Gasteiger partial charge is 0.311 e. The van der Waals surface area contributed by atoms with Crippen molar-refractivity contribution in [2.75, 3.05) is 13.1 Å². The van der Waals surface area contributed by atoms with E-state index in [9.17, 15) is 0 Å². The Hall–Kier alpha value is -0.450. The number of thiazole rings is 1. The summed E-state index contributed by atoms with van der Waals surface area (Å²) in [7, 11) is 0. The van der Waals surface area contributed by atoms with Gasteiger partial charge < -0.3 is 5.32 Å². The minimum atomic E-state index is 0.449. The van der Waals surface area contributed by atoms with Crippen LogP contribution in [0.15, 0.2) is 6.20 Å². The first-order valence-corrected chi connectivity index (χ1v) is 8.79. The summed E-state index contributed by atoms with van der Waals surface area (Å²) in [5.74, 6) is 1.61. The molecule has 3 atom stereocenters. The second kappa shape index (κ2) is 5.74. The van der Waals surface area contributed by atoms with Gasteiger partial charge in [0.1, 0.15) is 5.01 Å². The molecular formula is C16H27N3S. The molecule has 2 heterocycles. The Balaban J connectivity index is 1.77. The summed E-state index contributed by atoms with van der Waals surface area (Å²) in [4.78, 5) is 8.66. The van der Waals surface area contributed by atoms with Crippen LogP contribution in [0.3, 0.4) is 0 Å². The highest BCUT2D eigenvalue weighted by Gasteiger charge is 2.40. The highest BCUT2D eigenvalue weighted by molar-refractivity contribution is 7.11. The molecule has 1 aliphatic carbocycles. The first-order valence-electron chi connectivity index (χ1n) is 7.97. The van der Waals surface area contributed by atoms with Gasteiger partial charge in [-0.1, -0.05) is 13.8 Å². The van der Waals surface area contributed by atoms with Crippen LogP contribution in [-0.4, -0.2) is 35.1 Å². The van der Waals surface area contributed by atoms with Crippen LogP contribution in [0.5, 0.6) is 0 Å². The number of aromatic nitrogens is 1. The van der Waals surface area contributed by atoms with Gasteiger partial charge in [0.2, 0.25) is 0 Å². The number of rotatable bonds is 4. The van der Waals surface area contributed by atoms with E-state index >= 15 is 0 Å². The first kappa shape index (κ1) is 14.5. The van der Waals surface area contributed by atoms with E-state index < -0.39 is 0 Å². The van der Waals surface area contributed by atoms with E-state index in [1.807, 2.05) is 17.5 Å². The third-order valence-electron chi connectivity index (χ3n) is 4.88. The quantitative estimate of drug-likeness (QED) is 0.924. The van der Waals surface area contributed by atoms with E-state index in [1.54, 1.807) is 0 Å². The summed E-state index contributed by atoms with van der Waals surface area (Å²) in [6, 6.07) is 1.78. The number of hydrogen-bond donors (Lipinski definition) is 1. The van der Waals surface area contributed by atoms with Crippen LogP contribution in [0.25, 0.3) is 0 Å². The van der Waals surface area contributed by atoms with Crippen LogP contribution in [0.4, 0.5) is 0 Å². The van der Waals surface area contributed by atoms with Crippen molar-refractivity contribution in [3.8, 4) is 0 Å². The highest BCUT2D eigenvalue weighted by atomic mass is 32.1. The van der Waals surface area contributed by atoms with Gasteiger partial charge in [0.25, 0.3) is 0 Å². The lowest BCUT2D eigenvalue weighted by Gasteiger charge is -2.45. The second-order valence-electron chi connectivity index (χ2n) is 6.85. The fraction of sp³-hybridized carbons (Fsp3) is 0.812. The predicted molar refractivity (Wildman–Crippen MR) is 85.1 cm³/mol. The van der Waals surface area contributed by atoms with E-state index in [4.69, 9.17) is 0 Å². The lowest BCUT2D eigenvalue weighted by Crippen LogP contribution is -2.59. The number of nitrogens with zero attached hydrogens (tertiary/aromatic N) is 2. The summed E-state index contributed by atoms with van der Waals surface area (Å²) in [5, 5.41) is 5.08. The smallest absolute Gasteiger partial charge is 0.110 e. The molecule has 0 amide bonds. The van der Waals surface area contributed by atoms with Crippen LogP contribution in [-0.2, 0) is 0 Å². The number of piperazine rings is 1. The first-order chi connectivity index (χ1) is 9.56. The van der Waals surface area contributed by atoms with Crippen molar-refractivity contribution in [3.05, 3.63) is 16.1 Å². The van der Waals surface area contributed by atoms with Gasteiger partial charge in [-0.15, -0.1) is 11.3 Å². The summed E-state index contributed by atoms with van der Waals surface area (Å²) in [6.45, 7) is 11.5. The average molecular weight is 293 g/mol. The molecule has 0 spiro atoms. The number of hydrogen-bond acceptors (Lipinski definition) is 4. The van der Waals surface area contributed by atoms with Gasteiger partial charge in [-0.25, -0.2) is 4.98 Å². The lowest BCUT2D eigenvalue weighted by atomic mass is 9.95. The maximum atomic E-state index is 4.63. The Kier molecular flexibility index (Phi) is 4.16. The van der Waals surface area contributed by atoms with Gasteiger partial charge >= 0.3 is 0 Å². The molecule has 3 unspecified atom stereocenters. The van der Waals surface area contributed by atoms with E-state index in [-0.39, 0.29) is 0 Å². The van der Waals surface area contributed by atoms with Crippen molar-refractivity contribution in [2.45, 2.75) is 58.7 Å². The van der Waals surface area contributed by atoms with Gasteiger partial charge in [0, 0.05) is 36.2 Å². The van der Waals surface area contributed by atoms with E-state index in [0.29, 0.717) is 24.0 Å². The van der Waals surface area contributed by atoms with Gasteiger partial charge in [-0.05, 0) is 38.5 Å². The molecule has 1 aliphatic heterocycles. The van der Waals surface area contributed by atoms with Crippen LogP contribution in [0.1, 0.15) is 49.5 Å². The molecule has 1 aromatic heterocycles. The molecule has 3 rings (SSSR count). The molecule has 3 nitrogen and oxygen atoms in total. The van der Waals surface area contributed by atoms with Crippen LogP contribution < -0.4 is 5.32 Å². The second-order valence-corrected chi connectivity index (χ2v) is 8.11. The summed E-state index contributed by atoms with van der Waals surface area (Å²) in [6.07, 6.45) is 4.85. The molecule has 0 aromatic carbocycles. The lowest BCUT2D eigenvalue weighted by molar-refractivity contribution is 0.0568. The molecule has 112 valence electrons. The molecular weight excluding hydrogens is 266 g/mol. The molecule has 1 saturated carbocycles. The van der Waals surface area contributed by atoms with E-state index in [2.05, 4.69) is 42.9 Å². The van der Waals surface area contributed by atoms with E-state index in [0.717, 1.165) is 12.5 Å². The zero-order chi connectivity index (χ0) is 14.3. The third-order valence-corrected chi connectivity index (χ3v) is 5.96. The van der Waals surface area contributed by atoms with Crippen molar-refractivity contribution in [1.29, 1.82) is 0 Å². The standard InChI is InChI=1S/C16H27N3S/c1-10(2)15-8-17-14(13-5-6-13)9-19(15)12(4)16-18-7-11(3)20-16/h7,10,12-15,17H,5-6,8-9H2,1-4H3. The molecule has 1 aromatic rings. The van der Waals surface area contributed by atoms with Crippen molar-refractivity contribution < 1.29 is 0 Å². The topological polar surface area (TPSA) is 28.2 Å². The highest BCUT2D eigenvalue weighted by Crippen LogP contribution is 2.37. The van der Waals surface area contributed by atoms with Crippen molar-refractivity contribution >= 4 is 11.3 Å². The van der Waals surface area contributed by atoms with Crippen LogP contribution in [0.2, 0.25) is 0 Å². The fourth-order valence-electron chi connectivity index (χ4n) is 3.40. The van der Waals surface area contributed by atoms with Gasteiger partial charge in [-0.3, -0.25) is 4.90 Å². The summed E-state index contributed by atoms with van der Waals surface area (Å²) in [5.41, 5.74) is 0. The maximum absolute atomic E-state index is 4.63. The van der Waals surface area contributed by atoms with Crippen LogP contribution in [0, 0.1) is 18.8 Å². The average Bonchev–Trinajstić information content (AvgIpc) is 3.19. The molecule has 0 bridgehead atoms. The zero-order valence-electron chi connectivity index (χ0n) is 13.1. The SMILES string of the molecule is Cc1cnc(C(C)N2CC(C3CC3)NCC2C(C)C)s1. The number of nitrogens with one attached hydrogen (secondary N) is 1. The van der Waals surface area contributed by atoms with Gasteiger partial charge in [0.15, 0.2) is 0 Å². The zero-order valence-corrected chi connectivity index (χ0v) is 13.9. The minimum Gasteiger partial charge on any atom is -0.311 e. The van der Waals surface area contributed by atoms with Crippen LogP contribution >= 0.6 is 11.3 Å². The Bertz CT molecular complexity index is 452. The molecule has 2 fully saturated rings. The monoisotopic (exact) mass is 293 g/mol. The Morgan fingerprint density at radius 1 is 1.35 bits per heavy atom. The Morgan fingerprint density at radius 2 is 2.10 bits per heavy atom. The third kappa shape index (κ3) is 2.92. The molecule has 1 N–H and O–H groups in total. The molecule has 1 saturated heterocycles. The van der Waals surface area contributed by atoms with Gasteiger partial charge in [0.05, 0.1) is 6.04 Å². The molecule has 4 heteroatoms. The van der Waals surface area contributed by atoms with Crippen molar-refractivity contribution in [3.63, 3.8) is 0 Å². The van der Waals surface area contributed by atoms with E-state index in [1.165, 1.54) is 29.3 Å². The van der Waals surface area contributed by atoms with Crippen molar-refractivity contribution in [1.82, 2.24) is 15.2 Å². The minimum absolute atomic E-state index is 0.449. The summed E-state index contributed by atoms with van der Waals surface area (Å²) >= 11 is 1.86. The van der Waals surface area contributed by atoms with Crippen molar-refractivity contribution in [2.24, 2.45) is 11.8 Å². The Morgan fingerprint density at radius 3 is 2.65 bits per heavy atom. The van der Waals surface area contributed by atoms with Gasteiger partial charge in [-0.2, -0.15) is 0 Å². The molecule has 0 radical (unpaired) electrons. The summed E-state index contributed by atoms with van der Waals surface area (Å²) < 4.78 is 0. The fourth-order valence-corrected chi connectivity index (χ4v) is 4.25. The number of aryl methyl sites for hydroxylation is 1. The Labute approximate surface area is 126 Å². The maximum Gasteiger partial charge on any atom is 0.110 e. The molecule has 2 aliphatic rings.